The molecular weight excluding hydrogens is 423 g/mol. The summed E-state index contributed by atoms with van der Waals surface area (Å²) >= 11 is 1.52. The molecule has 0 N–H and O–H groups in total. The summed E-state index contributed by atoms with van der Waals surface area (Å²) < 4.78 is 41.6. The summed E-state index contributed by atoms with van der Waals surface area (Å²) in [6.07, 6.45) is 3.60. The van der Waals surface area contributed by atoms with Gasteiger partial charge in [-0.2, -0.15) is 29.3 Å². The SMILES string of the molecule is O=S(=O)(c1cccc(F)c1)N1N=C(c2ccsc2)C[C@H]1c1ccc2nccnc2c1. The van der Waals surface area contributed by atoms with Crippen molar-refractivity contribution >= 4 is 38.1 Å². The average molecular weight is 439 g/mol. The van der Waals surface area contributed by atoms with Crippen LogP contribution >= 0.6 is 11.3 Å². The summed E-state index contributed by atoms with van der Waals surface area (Å²) in [6.45, 7) is 0. The van der Waals surface area contributed by atoms with Crippen LogP contribution in [0, 0.1) is 5.82 Å². The zero-order valence-corrected chi connectivity index (χ0v) is 17.1. The number of hydrogen-bond donors (Lipinski definition) is 0. The van der Waals surface area contributed by atoms with Crippen molar-refractivity contribution in [3.05, 3.63) is 88.6 Å². The molecule has 2 aromatic heterocycles. The molecule has 0 saturated heterocycles. The lowest BCUT2D eigenvalue weighted by atomic mass is 10.00. The van der Waals surface area contributed by atoms with Crippen LogP contribution < -0.4 is 0 Å². The molecule has 0 aliphatic carbocycles. The summed E-state index contributed by atoms with van der Waals surface area (Å²) in [5.41, 5.74) is 3.68. The zero-order valence-electron chi connectivity index (χ0n) is 15.5. The maximum Gasteiger partial charge on any atom is 0.279 e. The third kappa shape index (κ3) is 3.25. The number of rotatable bonds is 4. The number of sulfonamides is 1. The first-order valence-electron chi connectivity index (χ1n) is 9.13. The highest BCUT2D eigenvalue weighted by Crippen LogP contribution is 2.38. The fourth-order valence-electron chi connectivity index (χ4n) is 3.48. The first-order valence-corrected chi connectivity index (χ1v) is 11.5. The van der Waals surface area contributed by atoms with E-state index >= 15 is 0 Å². The molecule has 0 spiro atoms. The summed E-state index contributed by atoms with van der Waals surface area (Å²) in [6, 6.07) is 11.8. The lowest BCUT2D eigenvalue weighted by Crippen LogP contribution is -2.27. The minimum atomic E-state index is -4.06. The van der Waals surface area contributed by atoms with Crippen LogP contribution in [-0.2, 0) is 10.0 Å². The molecule has 0 radical (unpaired) electrons. The van der Waals surface area contributed by atoms with Crippen molar-refractivity contribution in [2.24, 2.45) is 5.10 Å². The van der Waals surface area contributed by atoms with Crippen molar-refractivity contribution in [3.8, 4) is 0 Å². The van der Waals surface area contributed by atoms with E-state index in [1.54, 1.807) is 12.4 Å². The van der Waals surface area contributed by atoms with Crippen LogP contribution in [0.25, 0.3) is 11.0 Å². The summed E-state index contributed by atoms with van der Waals surface area (Å²) in [5.74, 6) is -0.616. The fourth-order valence-corrected chi connectivity index (χ4v) is 5.61. The maximum absolute atomic E-state index is 13.7. The molecule has 150 valence electrons. The normalized spacial score (nSPS) is 16.8. The van der Waals surface area contributed by atoms with Crippen LogP contribution in [0.3, 0.4) is 0 Å². The Morgan fingerprint density at radius 1 is 1.03 bits per heavy atom. The third-order valence-corrected chi connectivity index (χ3v) is 7.31. The molecule has 1 atom stereocenters. The standard InChI is InChI=1S/C21H15FN4O2S2/c22-16-2-1-3-17(11-16)30(27,28)26-21(12-19(25-26)15-6-9-29-13-15)14-4-5-18-20(10-14)24-8-7-23-18/h1-11,13,21H,12H2/t21-/m0/s1. The zero-order chi connectivity index (χ0) is 20.7. The Bertz CT molecular complexity index is 1370. The van der Waals surface area contributed by atoms with E-state index in [2.05, 4.69) is 15.1 Å². The second-order valence-electron chi connectivity index (χ2n) is 6.82. The molecule has 4 aromatic rings. The topological polar surface area (TPSA) is 75.5 Å². The second-order valence-corrected chi connectivity index (χ2v) is 9.39. The Morgan fingerprint density at radius 2 is 1.87 bits per heavy atom. The Morgan fingerprint density at radius 3 is 2.63 bits per heavy atom. The molecule has 3 heterocycles. The molecular formula is C21H15FN4O2S2. The van der Waals surface area contributed by atoms with Gasteiger partial charge in [0.2, 0.25) is 0 Å². The number of benzene rings is 2. The van der Waals surface area contributed by atoms with E-state index in [-0.39, 0.29) is 4.90 Å². The summed E-state index contributed by atoms with van der Waals surface area (Å²) in [4.78, 5) is 8.45. The number of halogens is 1. The van der Waals surface area contributed by atoms with Crippen LogP contribution in [0.5, 0.6) is 0 Å². The van der Waals surface area contributed by atoms with Gasteiger partial charge < -0.3 is 0 Å². The first-order chi connectivity index (χ1) is 14.5. The molecule has 1 aliphatic rings. The van der Waals surface area contributed by atoms with E-state index in [9.17, 15) is 12.8 Å². The van der Waals surface area contributed by atoms with Gasteiger partial charge in [0.15, 0.2) is 0 Å². The number of nitrogens with zero attached hydrogens (tertiary/aromatic N) is 4. The molecule has 1 aliphatic heterocycles. The van der Waals surface area contributed by atoms with Crippen molar-refractivity contribution in [3.63, 3.8) is 0 Å². The van der Waals surface area contributed by atoms with Gasteiger partial charge in [-0.1, -0.05) is 12.1 Å². The number of aromatic nitrogens is 2. The van der Waals surface area contributed by atoms with Crippen LogP contribution in [0.15, 0.2) is 81.7 Å². The summed E-state index contributed by atoms with van der Waals surface area (Å²) in [5, 5.41) is 8.31. The Labute approximate surface area is 176 Å². The molecule has 0 fully saturated rings. The van der Waals surface area contributed by atoms with Crippen LogP contribution in [-0.4, -0.2) is 28.5 Å². The minimum Gasteiger partial charge on any atom is -0.253 e. The van der Waals surface area contributed by atoms with Gasteiger partial charge in [0.25, 0.3) is 10.0 Å². The molecule has 6 nitrogen and oxygen atoms in total. The molecule has 0 amide bonds. The fraction of sp³-hybridized carbons (Fsp3) is 0.0952. The lowest BCUT2D eigenvalue weighted by molar-refractivity contribution is 0.371. The van der Waals surface area contributed by atoms with Crippen LogP contribution in [0.2, 0.25) is 0 Å². The second kappa shape index (κ2) is 7.26. The first kappa shape index (κ1) is 18.8. The van der Waals surface area contributed by atoms with Gasteiger partial charge in [-0.3, -0.25) is 9.97 Å². The third-order valence-electron chi connectivity index (χ3n) is 4.95. The van der Waals surface area contributed by atoms with Gasteiger partial charge in [0, 0.05) is 24.4 Å². The Kier molecular flexibility index (Phi) is 4.56. The molecule has 0 bridgehead atoms. The summed E-state index contributed by atoms with van der Waals surface area (Å²) in [7, 11) is -4.06. The van der Waals surface area contributed by atoms with Crippen molar-refractivity contribution in [1.82, 2.24) is 14.4 Å². The van der Waals surface area contributed by atoms with Gasteiger partial charge >= 0.3 is 0 Å². The average Bonchev–Trinajstić information content (AvgIpc) is 3.43. The van der Waals surface area contributed by atoms with Crippen molar-refractivity contribution in [1.29, 1.82) is 0 Å². The van der Waals surface area contributed by atoms with Crippen molar-refractivity contribution < 1.29 is 12.8 Å². The minimum absolute atomic E-state index is 0.136. The number of hydrogen-bond acceptors (Lipinski definition) is 6. The highest BCUT2D eigenvalue weighted by molar-refractivity contribution is 7.89. The molecule has 0 unspecified atom stereocenters. The van der Waals surface area contributed by atoms with E-state index in [1.165, 1.54) is 29.5 Å². The van der Waals surface area contributed by atoms with Gasteiger partial charge in [0.1, 0.15) is 5.82 Å². The molecule has 0 saturated carbocycles. The van der Waals surface area contributed by atoms with E-state index in [0.29, 0.717) is 17.6 Å². The van der Waals surface area contributed by atoms with Crippen molar-refractivity contribution in [2.75, 3.05) is 0 Å². The lowest BCUT2D eigenvalue weighted by Gasteiger charge is -2.23. The van der Waals surface area contributed by atoms with Crippen molar-refractivity contribution in [2.45, 2.75) is 17.4 Å². The smallest absolute Gasteiger partial charge is 0.253 e. The molecule has 2 aromatic carbocycles. The monoisotopic (exact) mass is 438 g/mol. The van der Waals surface area contributed by atoms with Gasteiger partial charge in [-0.15, -0.1) is 0 Å². The predicted octanol–water partition coefficient (Wildman–Crippen LogP) is 4.37. The largest absolute Gasteiger partial charge is 0.279 e. The van der Waals surface area contributed by atoms with Gasteiger partial charge in [-0.25, -0.2) is 4.39 Å². The molecule has 9 heteroatoms. The number of hydrazone groups is 1. The van der Waals surface area contributed by atoms with Crippen LogP contribution in [0.1, 0.15) is 23.6 Å². The van der Waals surface area contributed by atoms with E-state index < -0.39 is 21.9 Å². The Hall–Kier alpha value is -3.17. The molecule has 30 heavy (non-hydrogen) atoms. The predicted molar refractivity (Wildman–Crippen MR) is 113 cm³/mol. The van der Waals surface area contributed by atoms with Gasteiger partial charge in [0.05, 0.1) is 27.7 Å². The Balaban J connectivity index is 1.63. The highest BCUT2D eigenvalue weighted by atomic mass is 32.2. The molecule has 5 rings (SSSR count). The van der Waals surface area contributed by atoms with E-state index in [0.717, 1.165) is 27.1 Å². The van der Waals surface area contributed by atoms with Gasteiger partial charge in [-0.05, 0) is 52.7 Å². The van der Waals surface area contributed by atoms with Crippen LogP contribution in [0.4, 0.5) is 4.39 Å². The van der Waals surface area contributed by atoms with E-state index in [1.807, 2.05) is 35.0 Å². The van der Waals surface area contributed by atoms with E-state index in [4.69, 9.17) is 0 Å². The quantitative estimate of drug-likeness (QED) is 0.474. The highest BCUT2D eigenvalue weighted by Gasteiger charge is 2.38. The maximum atomic E-state index is 13.7. The number of fused-ring (bicyclic) bond motifs is 1. The number of thiophene rings is 1.